The van der Waals surface area contributed by atoms with E-state index in [0.717, 1.165) is 187 Å². The molecule has 0 spiro atoms. The van der Waals surface area contributed by atoms with Crippen molar-refractivity contribution < 1.29 is 29.1 Å². The van der Waals surface area contributed by atoms with Gasteiger partial charge in [-0.05, 0) is 182 Å². The van der Waals surface area contributed by atoms with Gasteiger partial charge in [0.05, 0.1) is 62.3 Å². The quantitative estimate of drug-likeness (QED) is 0.0413. The summed E-state index contributed by atoms with van der Waals surface area (Å²) in [6, 6.07) is 54.9. The highest BCUT2D eigenvalue weighted by Gasteiger charge is 2.34. The number of nitrogens with zero attached hydrogens (tertiary/aromatic N) is 27. The van der Waals surface area contributed by atoms with Crippen LogP contribution in [-0.4, -0.2) is 236 Å². The molecule has 5 aliphatic heterocycles. The molecule has 6 atom stereocenters. The Morgan fingerprint density at radius 2 is 0.713 bits per heavy atom. The molecule has 0 aliphatic carbocycles. The molecule has 15 aromatic heterocycles. The molecule has 5 amide bonds. The number of nitrogens with one attached hydrogen (secondary N) is 5. The van der Waals surface area contributed by atoms with E-state index in [4.69, 9.17) is 26.6 Å². The number of para-hydroxylation sites is 3. The van der Waals surface area contributed by atoms with Gasteiger partial charge in [-0.3, -0.25) is 24.0 Å². The Morgan fingerprint density at radius 3 is 1.17 bits per heavy atom. The fourth-order valence-electron chi connectivity index (χ4n) is 18.5. The number of benzene rings is 4. The van der Waals surface area contributed by atoms with Crippen LogP contribution in [0.15, 0.2) is 294 Å². The van der Waals surface area contributed by atoms with Crippen LogP contribution in [0.25, 0.3) is 50.5 Å². The van der Waals surface area contributed by atoms with Gasteiger partial charge in [-0.1, -0.05) is 66.2 Å². The van der Waals surface area contributed by atoms with Gasteiger partial charge in [-0.15, -0.1) is 5.10 Å². The molecule has 5 fully saturated rings. The molecular weight excluding hydrogens is 1830 g/mol. The molecule has 19 aromatic rings. The lowest BCUT2D eigenvalue weighted by atomic mass is 10.2. The lowest BCUT2D eigenvalue weighted by molar-refractivity contribution is 0.0921. The van der Waals surface area contributed by atoms with Crippen LogP contribution in [0.3, 0.4) is 0 Å². The largest absolute Gasteiger partial charge is 0.389 e. The van der Waals surface area contributed by atoms with Crippen molar-refractivity contribution in [2.45, 2.75) is 103 Å². The number of carbonyl (C=O) groups excluding carboxylic acids is 5. The second kappa shape index (κ2) is 41.8. The molecule has 143 heavy (non-hydrogen) atoms. The SMILES string of the molecule is CC(O)c1cnc(C(=O)N[C@H]2CCN(c3nccn4cccc34)C2)nc1.Cc1cn2cccc2c(N2CC[C@H](NC(=O)c3ccn(-c4ccc(Cl)cc4)n3)C2)n1.Cc1cn2cccc2c(N2CC[C@H](NC(=O)c3cn(-c4ccccc4)cn3)C2)n1.Cc1cn2cccc2c(N2CC[C@H](NC(=O)c3cn(-c4ccccc4)cn3)C2)n1.Cc1cn2ccnc2c(N2CC[C@H](NC(=O)c3ncn(-c4ccccc4)n3)C2)n1. The smallest absolute Gasteiger partial charge is 0.291 e. The number of carbonyl (C=O) groups is 5. The van der Waals surface area contributed by atoms with E-state index >= 15 is 0 Å². The molecule has 5 aliphatic rings. The van der Waals surface area contributed by atoms with Crippen molar-refractivity contribution in [1.82, 2.24) is 132 Å². The van der Waals surface area contributed by atoms with Crippen LogP contribution in [0.4, 0.5) is 29.1 Å². The van der Waals surface area contributed by atoms with Gasteiger partial charge in [-0.2, -0.15) is 5.10 Å². The number of rotatable bonds is 20. The Bertz CT molecular complexity index is 7280. The number of aliphatic hydroxyl groups excluding tert-OH is 1. The highest BCUT2D eigenvalue weighted by Crippen LogP contribution is 2.32. The molecule has 0 bridgehead atoms. The third kappa shape index (κ3) is 21.5. The lowest BCUT2D eigenvalue weighted by Gasteiger charge is -2.19. The zero-order valence-corrected chi connectivity index (χ0v) is 80.0. The van der Waals surface area contributed by atoms with Gasteiger partial charge < -0.3 is 87.3 Å². The second-order valence-corrected chi connectivity index (χ2v) is 36.4. The average Bonchev–Trinajstić information content (AvgIpc) is 1.66. The van der Waals surface area contributed by atoms with Gasteiger partial charge in [-0.25, -0.2) is 64.2 Å². The Kier molecular flexibility index (Phi) is 27.3. The van der Waals surface area contributed by atoms with Gasteiger partial charge in [0.15, 0.2) is 40.4 Å². The summed E-state index contributed by atoms with van der Waals surface area (Å²) in [5.41, 5.74) is 14.5. The first kappa shape index (κ1) is 93.4. The molecule has 6 N–H and O–H groups in total. The van der Waals surface area contributed by atoms with E-state index < -0.39 is 6.10 Å². The zero-order chi connectivity index (χ0) is 98.1. The van der Waals surface area contributed by atoms with Crippen LogP contribution >= 0.6 is 11.6 Å². The molecule has 5 saturated heterocycles. The van der Waals surface area contributed by atoms with Gasteiger partial charge in [0, 0.05) is 223 Å². The van der Waals surface area contributed by atoms with Crippen molar-refractivity contribution in [1.29, 1.82) is 0 Å². The van der Waals surface area contributed by atoms with Crippen LogP contribution in [0, 0.1) is 27.7 Å². The van der Waals surface area contributed by atoms with Crippen molar-refractivity contribution in [3.63, 3.8) is 0 Å². The highest BCUT2D eigenvalue weighted by atomic mass is 35.5. The fourth-order valence-corrected chi connectivity index (χ4v) is 18.6. The first-order valence-electron chi connectivity index (χ1n) is 47.5. The predicted octanol–water partition coefficient (Wildman–Crippen LogP) is 12.0. The van der Waals surface area contributed by atoms with E-state index in [0.29, 0.717) is 40.8 Å². The second-order valence-electron chi connectivity index (χ2n) is 36.0. The molecule has 1 unspecified atom stereocenters. The summed E-state index contributed by atoms with van der Waals surface area (Å²) in [4.78, 5) is 123. The van der Waals surface area contributed by atoms with E-state index in [9.17, 15) is 29.1 Å². The van der Waals surface area contributed by atoms with Crippen LogP contribution in [0.1, 0.15) is 126 Å². The molecule has 24 rings (SSSR count). The monoisotopic (exact) mass is 1930 g/mol. The Morgan fingerprint density at radius 1 is 0.336 bits per heavy atom. The standard InChI is InChI=1S/C22H21ClN6O.2C22H22N6O.C20H20N8O.C18H20N6O2/c1-15-13-27-10-2-3-20(27)21(24-15)28-11-8-17(14-28)25-22(30)19-9-12-29(26-19)18-6-4-16(23)5-7-18;2*1-16-12-26-10-5-8-20(26)21(24-16)27-11-9-17(13-27)25-22(29)19-14-28(15-23-19)18-6-3-2-4-7-18;1-14-11-27-10-8-21-18(27)19(23-14)26-9-7-15(12-26)24-20(29)17-22-13-28(25-17)16-5-3-2-4-6-16;1-12(25)13-9-20-16(21-10-13)18(26)22-14-4-7-24(11-14)17-15-3-2-6-23(15)8-5-19-17/h2-7,9-10,12-13,17H,8,11,14H2,1H3,(H,25,30);2*2-8,10,12,14-15,17H,9,11,13H2,1H3,(H,25,29);2-6,8,10-11,13,15H,7,9,12H2,1H3,(H,24,29);2-3,5-6,8-10,12,14,25H,4,7,11H2,1H3,(H,22,26)/t3*17-;15-;12?,14-/m00000/s1. The molecule has 724 valence electrons. The molecule has 38 nitrogen and oxygen atoms in total. The van der Waals surface area contributed by atoms with Crippen LogP contribution in [-0.2, 0) is 0 Å². The summed E-state index contributed by atoms with van der Waals surface area (Å²) in [6.45, 7) is 17.4. The third-order valence-corrected chi connectivity index (χ3v) is 25.8. The van der Waals surface area contributed by atoms with Crippen molar-refractivity contribution >= 4 is 97.9 Å². The summed E-state index contributed by atoms with van der Waals surface area (Å²) in [7, 11) is 0. The van der Waals surface area contributed by atoms with E-state index in [-0.39, 0.29) is 71.4 Å². The molecular formula is C104H105ClN32O6. The van der Waals surface area contributed by atoms with Gasteiger partial charge in [0.2, 0.25) is 11.6 Å². The molecule has 0 saturated carbocycles. The minimum Gasteiger partial charge on any atom is -0.389 e. The average molecular weight is 1930 g/mol. The molecule has 0 radical (unpaired) electrons. The first-order chi connectivity index (χ1) is 69.7. The van der Waals surface area contributed by atoms with Crippen molar-refractivity contribution in [3.8, 4) is 22.7 Å². The summed E-state index contributed by atoms with van der Waals surface area (Å²) in [5, 5.41) is 34.2. The summed E-state index contributed by atoms with van der Waals surface area (Å²) in [6.07, 6.45) is 40.3. The number of hydrogen-bond donors (Lipinski definition) is 6. The number of hydrogen-bond acceptors (Lipinski definition) is 24. The number of aromatic nitrogens is 22. The number of amides is 5. The van der Waals surface area contributed by atoms with Gasteiger partial charge in [0.25, 0.3) is 29.5 Å². The van der Waals surface area contributed by atoms with Gasteiger partial charge >= 0.3 is 0 Å². The van der Waals surface area contributed by atoms with Gasteiger partial charge in [0.1, 0.15) is 30.4 Å². The van der Waals surface area contributed by atoms with Crippen LogP contribution in [0.2, 0.25) is 5.02 Å². The maximum absolute atomic E-state index is 12.7. The zero-order valence-electron chi connectivity index (χ0n) is 79.2. The van der Waals surface area contributed by atoms with Crippen molar-refractivity contribution in [3.05, 3.63) is 356 Å². The molecule has 20 heterocycles. The highest BCUT2D eigenvalue weighted by molar-refractivity contribution is 6.30. The number of imidazole rings is 3. The normalized spacial score (nSPS) is 16.7. The summed E-state index contributed by atoms with van der Waals surface area (Å²) in [5.74, 6) is 3.93. The molecule has 39 heteroatoms. The van der Waals surface area contributed by atoms with Crippen molar-refractivity contribution in [2.24, 2.45) is 0 Å². The molecule has 4 aromatic carbocycles. The fraction of sp³-hybridized carbons (Fsp3) is 0.250. The number of aliphatic hydroxyl groups is 1. The first-order valence-corrected chi connectivity index (χ1v) is 47.9. The number of aryl methyl sites for hydroxylation is 4. The van der Waals surface area contributed by atoms with E-state index in [1.54, 1.807) is 84.5 Å². The Balaban J connectivity index is 0.000000109. The third-order valence-electron chi connectivity index (χ3n) is 25.6. The maximum atomic E-state index is 12.7. The van der Waals surface area contributed by atoms with Crippen LogP contribution in [0.5, 0.6) is 0 Å². The summed E-state index contributed by atoms with van der Waals surface area (Å²) >= 11 is 5.94. The minimum atomic E-state index is -0.653. The van der Waals surface area contributed by atoms with E-state index in [1.807, 2.05) is 241 Å². The maximum Gasteiger partial charge on any atom is 0.291 e. The minimum absolute atomic E-state index is 0.00324. The topological polar surface area (TPSA) is 391 Å². The Labute approximate surface area is 826 Å². The summed E-state index contributed by atoms with van der Waals surface area (Å²) < 4.78 is 17.3. The number of halogens is 1. The predicted molar refractivity (Wildman–Crippen MR) is 543 cm³/mol. The van der Waals surface area contributed by atoms with Crippen LogP contribution < -0.4 is 51.1 Å². The number of anilines is 5. The number of fused-ring (bicyclic) bond motifs is 5. The van der Waals surface area contributed by atoms with E-state index in [2.05, 4.69) is 133 Å². The van der Waals surface area contributed by atoms with E-state index in [1.165, 1.54) is 12.4 Å². The Hall–Kier alpha value is -17.3. The lowest BCUT2D eigenvalue weighted by Crippen LogP contribution is -2.38. The van der Waals surface area contributed by atoms with Crippen molar-refractivity contribution in [2.75, 3.05) is 89.9 Å².